The van der Waals surface area contributed by atoms with E-state index in [1.54, 1.807) is 0 Å². The summed E-state index contributed by atoms with van der Waals surface area (Å²) in [4.78, 5) is 0. The van der Waals surface area contributed by atoms with Crippen LogP contribution in [0.2, 0.25) is 0 Å². The fraction of sp³-hybridized carbons (Fsp3) is 1.00. The molecule has 0 bridgehead atoms. The van der Waals surface area contributed by atoms with Gasteiger partial charge >= 0.3 is 0 Å². The van der Waals surface area contributed by atoms with Gasteiger partial charge in [-0.25, -0.2) is 0 Å². The van der Waals surface area contributed by atoms with Crippen molar-refractivity contribution in [2.75, 3.05) is 0 Å². The zero-order chi connectivity index (χ0) is 12.9. The van der Waals surface area contributed by atoms with Crippen LogP contribution in [-0.2, 0) is 0 Å². The Morgan fingerprint density at radius 3 is 2.00 bits per heavy atom. The van der Waals surface area contributed by atoms with Gasteiger partial charge in [0, 0.05) is 5.54 Å². The van der Waals surface area contributed by atoms with Gasteiger partial charge in [0.25, 0.3) is 0 Å². The molecule has 100 valence electrons. The second kappa shape index (κ2) is 3.96. The van der Waals surface area contributed by atoms with Gasteiger partial charge in [-0.2, -0.15) is 0 Å². The molecule has 0 radical (unpaired) electrons. The predicted octanol–water partition coefficient (Wildman–Crippen LogP) is 3.08. The van der Waals surface area contributed by atoms with E-state index in [1.807, 2.05) is 0 Å². The summed E-state index contributed by atoms with van der Waals surface area (Å²) in [5.74, 6) is 1.30. The van der Waals surface area contributed by atoms with E-state index in [4.69, 9.17) is 5.73 Å². The Morgan fingerprint density at radius 1 is 1.06 bits per heavy atom. The maximum Gasteiger partial charge on any atom is 0.0831 e. The van der Waals surface area contributed by atoms with Crippen molar-refractivity contribution in [3.05, 3.63) is 0 Å². The Balaban J connectivity index is 2.20. The number of nitrogens with two attached hydrogens (primary N) is 1. The highest BCUT2D eigenvalue weighted by Crippen LogP contribution is 2.52. The van der Waals surface area contributed by atoms with E-state index in [2.05, 4.69) is 27.7 Å². The molecule has 0 saturated heterocycles. The minimum absolute atomic E-state index is 0.255. The first kappa shape index (κ1) is 13.4. The minimum atomic E-state index is -0.626. The second-order valence-electron chi connectivity index (χ2n) is 7.88. The lowest BCUT2D eigenvalue weighted by molar-refractivity contribution is -0.0683. The molecule has 2 aliphatic rings. The highest BCUT2D eigenvalue weighted by atomic mass is 16.3. The molecule has 2 rings (SSSR count). The lowest BCUT2D eigenvalue weighted by atomic mass is 9.63. The summed E-state index contributed by atoms with van der Waals surface area (Å²) in [5, 5.41) is 11.0. The summed E-state index contributed by atoms with van der Waals surface area (Å²) in [7, 11) is 0. The Labute approximate surface area is 106 Å². The molecule has 17 heavy (non-hydrogen) atoms. The van der Waals surface area contributed by atoms with Gasteiger partial charge in [-0.3, -0.25) is 0 Å². The predicted molar refractivity (Wildman–Crippen MR) is 71.7 cm³/mol. The molecule has 0 amide bonds. The molecular weight excluding hydrogens is 210 g/mol. The van der Waals surface area contributed by atoms with Gasteiger partial charge in [-0.1, -0.05) is 27.7 Å². The van der Waals surface area contributed by atoms with Crippen LogP contribution in [0, 0.1) is 17.3 Å². The Morgan fingerprint density at radius 2 is 1.59 bits per heavy atom. The van der Waals surface area contributed by atoms with E-state index in [-0.39, 0.29) is 11.0 Å². The quantitative estimate of drug-likeness (QED) is 0.738. The summed E-state index contributed by atoms with van der Waals surface area (Å²) in [6, 6.07) is 0. The zero-order valence-electron chi connectivity index (χ0n) is 11.9. The summed E-state index contributed by atoms with van der Waals surface area (Å²) in [6.45, 7) is 9.06. The highest BCUT2D eigenvalue weighted by Gasteiger charge is 2.55. The Bertz CT molecular complexity index is 289. The molecule has 0 spiro atoms. The molecule has 2 saturated carbocycles. The fourth-order valence-electron chi connectivity index (χ4n) is 4.50. The average Bonchev–Trinajstić information content (AvgIpc) is 2.39. The molecule has 0 aliphatic heterocycles. The third kappa shape index (κ3) is 2.39. The third-order valence-electron chi connectivity index (χ3n) is 5.14. The van der Waals surface area contributed by atoms with E-state index in [1.165, 1.54) is 6.42 Å². The average molecular weight is 239 g/mol. The zero-order valence-corrected chi connectivity index (χ0v) is 11.9. The molecule has 3 unspecified atom stereocenters. The number of hydrogen-bond acceptors (Lipinski definition) is 2. The first-order valence-electron chi connectivity index (χ1n) is 7.17. The molecule has 2 heteroatoms. The minimum Gasteiger partial charge on any atom is -0.388 e. The number of aliphatic hydroxyl groups is 1. The van der Waals surface area contributed by atoms with Crippen molar-refractivity contribution in [3.8, 4) is 0 Å². The van der Waals surface area contributed by atoms with Gasteiger partial charge in [-0.05, 0) is 55.8 Å². The molecule has 3 atom stereocenters. The van der Waals surface area contributed by atoms with Crippen molar-refractivity contribution in [2.45, 2.75) is 77.4 Å². The Hall–Kier alpha value is -0.0800. The molecule has 0 heterocycles. The van der Waals surface area contributed by atoms with Gasteiger partial charge in [0.15, 0.2) is 0 Å². The standard InChI is InChI=1S/C15H29NO/c1-11-7-12(2)9-14(16,8-11)15(17)6-5-13(3,4)10-15/h11-12,17H,5-10,16H2,1-4H3. The van der Waals surface area contributed by atoms with Crippen molar-refractivity contribution in [3.63, 3.8) is 0 Å². The molecule has 2 fully saturated rings. The monoisotopic (exact) mass is 239 g/mol. The van der Waals surface area contributed by atoms with E-state index >= 15 is 0 Å². The van der Waals surface area contributed by atoms with Crippen LogP contribution in [-0.4, -0.2) is 16.2 Å². The number of rotatable bonds is 1. The van der Waals surface area contributed by atoms with Crippen molar-refractivity contribution in [1.29, 1.82) is 0 Å². The van der Waals surface area contributed by atoms with Crippen molar-refractivity contribution in [2.24, 2.45) is 23.0 Å². The van der Waals surface area contributed by atoms with Gasteiger partial charge in [0.2, 0.25) is 0 Å². The van der Waals surface area contributed by atoms with Gasteiger partial charge < -0.3 is 10.8 Å². The van der Waals surface area contributed by atoms with Gasteiger partial charge in [-0.15, -0.1) is 0 Å². The fourth-order valence-corrected chi connectivity index (χ4v) is 4.50. The van der Waals surface area contributed by atoms with Crippen LogP contribution in [0.15, 0.2) is 0 Å². The largest absolute Gasteiger partial charge is 0.388 e. The topological polar surface area (TPSA) is 46.2 Å². The van der Waals surface area contributed by atoms with Crippen LogP contribution in [0.4, 0.5) is 0 Å². The normalized spacial score (nSPS) is 50.5. The lowest BCUT2D eigenvalue weighted by Crippen LogP contribution is -2.62. The summed E-state index contributed by atoms with van der Waals surface area (Å²) < 4.78 is 0. The summed E-state index contributed by atoms with van der Waals surface area (Å²) >= 11 is 0. The van der Waals surface area contributed by atoms with Crippen molar-refractivity contribution in [1.82, 2.24) is 0 Å². The number of hydrogen-bond donors (Lipinski definition) is 2. The first-order valence-corrected chi connectivity index (χ1v) is 7.17. The van der Waals surface area contributed by atoms with Crippen molar-refractivity contribution < 1.29 is 5.11 Å². The Kier molecular flexibility index (Phi) is 3.11. The van der Waals surface area contributed by atoms with Gasteiger partial charge in [0.1, 0.15) is 0 Å². The second-order valence-corrected chi connectivity index (χ2v) is 7.88. The summed E-state index contributed by atoms with van der Waals surface area (Å²) in [5.41, 5.74) is 5.93. The van der Waals surface area contributed by atoms with Crippen LogP contribution in [0.3, 0.4) is 0 Å². The van der Waals surface area contributed by atoms with Gasteiger partial charge in [0.05, 0.1) is 5.60 Å². The first-order chi connectivity index (χ1) is 7.66. The van der Waals surface area contributed by atoms with Crippen LogP contribution in [0.25, 0.3) is 0 Å². The maximum absolute atomic E-state index is 11.0. The molecule has 0 aromatic rings. The van der Waals surface area contributed by atoms with E-state index in [9.17, 15) is 5.11 Å². The SMILES string of the molecule is CC1CC(C)CC(N)(C2(O)CCC(C)(C)C2)C1. The van der Waals surface area contributed by atoms with Crippen molar-refractivity contribution >= 4 is 0 Å². The third-order valence-corrected chi connectivity index (χ3v) is 5.14. The summed E-state index contributed by atoms with van der Waals surface area (Å²) in [6.07, 6.45) is 6.10. The molecule has 2 nitrogen and oxygen atoms in total. The molecule has 0 aromatic carbocycles. The smallest absolute Gasteiger partial charge is 0.0831 e. The molecule has 0 aromatic heterocycles. The lowest BCUT2D eigenvalue weighted by Gasteiger charge is -2.49. The molecular formula is C15H29NO. The maximum atomic E-state index is 11.0. The van der Waals surface area contributed by atoms with Crippen LogP contribution >= 0.6 is 0 Å². The van der Waals surface area contributed by atoms with E-state index in [0.29, 0.717) is 11.8 Å². The van der Waals surface area contributed by atoms with Crippen LogP contribution in [0.1, 0.15) is 66.2 Å². The molecule has 3 N–H and O–H groups in total. The van der Waals surface area contributed by atoms with E-state index in [0.717, 1.165) is 32.1 Å². The van der Waals surface area contributed by atoms with Crippen LogP contribution in [0.5, 0.6) is 0 Å². The van der Waals surface area contributed by atoms with Crippen LogP contribution < -0.4 is 5.73 Å². The highest BCUT2D eigenvalue weighted by molar-refractivity contribution is 5.11. The molecule has 2 aliphatic carbocycles. The van der Waals surface area contributed by atoms with E-state index < -0.39 is 5.60 Å².